The molecule has 4 bridgehead atoms. The Morgan fingerprint density at radius 1 is 1.21 bits per heavy atom. The van der Waals surface area contributed by atoms with Crippen LogP contribution < -0.4 is 5.73 Å². The van der Waals surface area contributed by atoms with E-state index in [1.54, 1.807) is 0 Å². The van der Waals surface area contributed by atoms with Gasteiger partial charge in [-0.3, -0.25) is 4.79 Å². The average molecular weight is 264 g/mol. The summed E-state index contributed by atoms with van der Waals surface area (Å²) in [6, 6.07) is 0.0744. The molecule has 19 heavy (non-hydrogen) atoms. The van der Waals surface area contributed by atoms with Gasteiger partial charge in [-0.15, -0.1) is 0 Å². The summed E-state index contributed by atoms with van der Waals surface area (Å²) < 4.78 is 0. The van der Waals surface area contributed by atoms with Gasteiger partial charge in [0.2, 0.25) is 5.91 Å². The van der Waals surface area contributed by atoms with E-state index in [2.05, 4.69) is 0 Å². The van der Waals surface area contributed by atoms with Crippen molar-refractivity contribution in [1.29, 1.82) is 0 Å². The number of nitrogens with zero attached hydrogens (tertiary/aromatic N) is 1. The SMILES string of the molecule is CC(N)CN(C)C(=O)CC12CC3CC(CC(C3)C1)C2. The molecule has 3 nitrogen and oxygen atoms in total. The van der Waals surface area contributed by atoms with Gasteiger partial charge in [0, 0.05) is 26.1 Å². The van der Waals surface area contributed by atoms with Crippen molar-refractivity contribution in [3.8, 4) is 0 Å². The summed E-state index contributed by atoms with van der Waals surface area (Å²) in [6.45, 7) is 2.65. The van der Waals surface area contributed by atoms with Crippen molar-refractivity contribution in [2.75, 3.05) is 13.6 Å². The minimum absolute atomic E-state index is 0.0744. The Labute approximate surface area is 116 Å². The number of hydrogen-bond donors (Lipinski definition) is 1. The maximum absolute atomic E-state index is 12.4. The molecule has 0 aromatic carbocycles. The lowest BCUT2D eigenvalue weighted by atomic mass is 9.49. The zero-order valence-corrected chi connectivity index (χ0v) is 12.4. The second-order valence-electron chi connectivity index (χ2n) is 7.85. The van der Waals surface area contributed by atoms with E-state index in [4.69, 9.17) is 5.73 Å². The molecular formula is C16H28N2O. The maximum Gasteiger partial charge on any atom is 0.222 e. The van der Waals surface area contributed by atoms with Crippen LogP contribution in [0, 0.1) is 23.2 Å². The fraction of sp³-hybridized carbons (Fsp3) is 0.938. The summed E-state index contributed by atoms with van der Waals surface area (Å²) in [7, 11) is 1.91. The van der Waals surface area contributed by atoms with Gasteiger partial charge in [0.05, 0.1) is 0 Å². The number of likely N-dealkylation sites (N-methyl/N-ethyl adjacent to an activating group) is 1. The number of rotatable bonds is 4. The molecule has 2 N–H and O–H groups in total. The maximum atomic E-state index is 12.4. The molecule has 4 fully saturated rings. The van der Waals surface area contributed by atoms with Crippen molar-refractivity contribution in [3.63, 3.8) is 0 Å². The van der Waals surface area contributed by atoms with Gasteiger partial charge < -0.3 is 10.6 Å². The van der Waals surface area contributed by atoms with Crippen LogP contribution >= 0.6 is 0 Å². The van der Waals surface area contributed by atoms with Crippen LogP contribution in [0.3, 0.4) is 0 Å². The van der Waals surface area contributed by atoms with E-state index in [-0.39, 0.29) is 6.04 Å². The second-order valence-corrected chi connectivity index (χ2v) is 7.85. The summed E-state index contributed by atoms with van der Waals surface area (Å²) in [5.41, 5.74) is 6.16. The van der Waals surface area contributed by atoms with E-state index >= 15 is 0 Å². The summed E-state index contributed by atoms with van der Waals surface area (Å²) in [5.74, 6) is 3.10. The number of hydrogen-bond acceptors (Lipinski definition) is 2. The summed E-state index contributed by atoms with van der Waals surface area (Å²) >= 11 is 0. The zero-order valence-electron chi connectivity index (χ0n) is 12.4. The Bertz CT molecular complexity index is 328. The molecule has 0 aromatic rings. The smallest absolute Gasteiger partial charge is 0.222 e. The molecule has 4 rings (SSSR count). The fourth-order valence-electron chi connectivity index (χ4n) is 5.50. The number of carbonyl (C=O) groups is 1. The predicted molar refractivity (Wildman–Crippen MR) is 76.5 cm³/mol. The van der Waals surface area contributed by atoms with Gasteiger partial charge in [0.1, 0.15) is 0 Å². The molecule has 0 saturated heterocycles. The molecule has 0 heterocycles. The Morgan fingerprint density at radius 2 is 1.68 bits per heavy atom. The van der Waals surface area contributed by atoms with Gasteiger partial charge in [-0.05, 0) is 68.6 Å². The molecule has 0 aliphatic heterocycles. The van der Waals surface area contributed by atoms with Crippen molar-refractivity contribution in [2.45, 2.75) is 57.9 Å². The molecule has 1 unspecified atom stereocenters. The van der Waals surface area contributed by atoms with E-state index in [0.29, 0.717) is 17.9 Å². The van der Waals surface area contributed by atoms with Crippen molar-refractivity contribution in [3.05, 3.63) is 0 Å². The standard InChI is InChI=1S/C16H28N2O/c1-11(17)10-18(2)15(19)9-16-6-12-3-13(7-16)5-14(4-12)8-16/h11-14H,3-10,17H2,1-2H3. The highest BCUT2D eigenvalue weighted by Gasteiger charge is 2.51. The van der Waals surface area contributed by atoms with Crippen molar-refractivity contribution in [2.24, 2.45) is 28.9 Å². The first-order valence-electron chi connectivity index (χ1n) is 7.95. The topological polar surface area (TPSA) is 46.3 Å². The molecule has 1 atom stereocenters. The third kappa shape index (κ3) is 2.67. The third-order valence-electron chi connectivity index (χ3n) is 5.68. The van der Waals surface area contributed by atoms with Crippen LogP contribution in [0.25, 0.3) is 0 Å². The lowest BCUT2D eigenvalue weighted by molar-refractivity contribution is -0.138. The second kappa shape index (κ2) is 4.76. The Morgan fingerprint density at radius 3 is 2.11 bits per heavy atom. The monoisotopic (exact) mass is 264 g/mol. The Balaban J connectivity index is 1.64. The predicted octanol–water partition coefficient (Wildman–Crippen LogP) is 2.40. The molecular weight excluding hydrogens is 236 g/mol. The number of nitrogens with two attached hydrogens (primary N) is 1. The molecule has 3 heteroatoms. The van der Waals surface area contributed by atoms with Gasteiger partial charge >= 0.3 is 0 Å². The van der Waals surface area contributed by atoms with E-state index in [9.17, 15) is 4.79 Å². The largest absolute Gasteiger partial charge is 0.344 e. The zero-order chi connectivity index (χ0) is 13.6. The van der Waals surface area contributed by atoms with Crippen LogP contribution in [0.4, 0.5) is 0 Å². The van der Waals surface area contributed by atoms with Gasteiger partial charge in [0.25, 0.3) is 0 Å². The minimum Gasteiger partial charge on any atom is -0.344 e. The molecule has 0 aromatic heterocycles. The minimum atomic E-state index is 0.0744. The molecule has 0 spiro atoms. The highest BCUT2D eigenvalue weighted by atomic mass is 16.2. The van der Waals surface area contributed by atoms with Crippen LogP contribution in [0.1, 0.15) is 51.9 Å². The van der Waals surface area contributed by atoms with Crippen molar-refractivity contribution < 1.29 is 4.79 Å². The van der Waals surface area contributed by atoms with E-state index < -0.39 is 0 Å². The average Bonchev–Trinajstić information content (AvgIpc) is 2.24. The first-order valence-corrected chi connectivity index (χ1v) is 7.95. The molecule has 4 saturated carbocycles. The summed E-state index contributed by atoms with van der Waals surface area (Å²) in [5, 5.41) is 0. The highest BCUT2D eigenvalue weighted by molar-refractivity contribution is 5.76. The quantitative estimate of drug-likeness (QED) is 0.847. The molecule has 4 aliphatic carbocycles. The van der Waals surface area contributed by atoms with Gasteiger partial charge in [-0.2, -0.15) is 0 Å². The first kappa shape index (κ1) is 13.4. The lowest BCUT2D eigenvalue weighted by Crippen LogP contribution is -2.48. The highest BCUT2D eigenvalue weighted by Crippen LogP contribution is 2.61. The van der Waals surface area contributed by atoms with Crippen molar-refractivity contribution in [1.82, 2.24) is 4.90 Å². The van der Waals surface area contributed by atoms with Gasteiger partial charge in [-0.25, -0.2) is 0 Å². The van der Waals surface area contributed by atoms with Crippen LogP contribution in [-0.2, 0) is 4.79 Å². The van der Waals surface area contributed by atoms with Crippen molar-refractivity contribution >= 4 is 5.91 Å². The van der Waals surface area contributed by atoms with Crippen LogP contribution in [-0.4, -0.2) is 30.4 Å². The molecule has 1 amide bonds. The van der Waals surface area contributed by atoms with Crippen LogP contribution in [0.2, 0.25) is 0 Å². The van der Waals surface area contributed by atoms with E-state index in [1.807, 2.05) is 18.9 Å². The van der Waals surface area contributed by atoms with Gasteiger partial charge in [-0.1, -0.05) is 0 Å². The normalized spacial score (nSPS) is 41.3. The fourth-order valence-corrected chi connectivity index (χ4v) is 5.50. The molecule has 108 valence electrons. The number of amides is 1. The first-order chi connectivity index (χ1) is 8.96. The number of carbonyl (C=O) groups excluding carboxylic acids is 1. The molecule has 4 aliphatic rings. The Hall–Kier alpha value is -0.570. The molecule has 0 radical (unpaired) electrons. The summed E-state index contributed by atoms with van der Waals surface area (Å²) in [4.78, 5) is 14.3. The third-order valence-corrected chi connectivity index (χ3v) is 5.68. The van der Waals surface area contributed by atoms with Crippen LogP contribution in [0.5, 0.6) is 0 Å². The van der Waals surface area contributed by atoms with Gasteiger partial charge in [0.15, 0.2) is 0 Å². The van der Waals surface area contributed by atoms with E-state index in [1.165, 1.54) is 38.5 Å². The lowest BCUT2D eigenvalue weighted by Gasteiger charge is -2.57. The van der Waals surface area contributed by atoms with Crippen LogP contribution in [0.15, 0.2) is 0 Å². The summed E-state index contributed by atoms with van der Waals surface area (Å²) in [6.07, 6.45) is 9.07. The Kier molecular flexibility index (Phi) is 3.36. The van der Waals surface area contributed by atoms with E-state index in [0.717, 1.165) is 24.2 Å².